The van der Waals surface area contributed by atoms with E-state index in [2.05, 4.69) is 28.8 Å². The summed E-state index contributed by atoms with van der Waals surface area (Å²) >= 11 is 8.44. The average Bonchev–Trinajstić information content (AvgIpc) is 3.96. The molecule has 16 heteroatoms. The first kappa shape index (κ1) is 43.8. The quantitative estimate of drug-likeness (QED) is 0.0938. The summed E-state index contributed by atoms with van der Waals surface area (Å²) in [6.45, 7) is 12.4. The van der Waals surface area contributed by atoms with Crippen molar-refractivity contribution in [2.45, 2.75) is 52.9 Å². The van der Waals surface area contributed by atoms with Crippen LogP contribution in [0.1, 0.15) is 44.0 Å². The van der Waals surface area contributed by atoms with E-state index < -0.39 is 12.1 Å². The second-order valence-electron chi connectivity index (χ2n) is 15.8. The predicted molar refractivity (Wildman–Crippen MR) is 244 cm³/mol. The van der Waals surface area contributed by atoms with Crippen LogP contribution in [0.3, 0.4) is 0 Å². The fraction of sp³-hybridized carbons (Fsp3) is 0.362. The third-order valence-corrected chi connectivity index (χ3v) is 12.8. The van der Waals surface area contributed by atoms with Gasteiger partial charge in [-0.2, -0.15) is 9.47 Å². The topological polar surface area (TPSA) is 150 Å². The standard InChI is InChI=1S/C47H51ClN8O6S/c1-6-56-18-16-35(52-56)43-40(34-25-29(2)44(42(48)30(34)3)60-24-23-55-21-19-54(4)20-22-55)41-39(27-50-43)63-53-46(41)62-38(47(57)58)26-31-11-7-9-13-36(31)61-28-32-15-17-49-45(51-32)33-12-8-10-14-37(33)59-5/h7-18,27,29,38H,6,19-26,28H2,1-5H3,(H,57,58)/t29?,38-/m1/s1. The van der Waals surface area contributed by atoms with Crippen LogP contribution in [0.15, 0.2) is 95.6 Å². The van der Waals surface area contributed by atoms with Crippen LogP contribution in [0.25, 0.3) is 38.4 Å². The number of benzene rings is 2. The van der Waals surface area contributed by atoms with Crippen molar-refractivity contribution in [1.82, 2.24) is 38.9 Å². The predicted octanol–water partition coefficient (Wildman–Crippen LogP) is 8.22. The van der Waals surface area contributed by atoms with E-state index in [0.29, 0.717) is 70.0 Å². The second-order valence-corrected chi connectivity index (χ2v) is 16.9. The number of carboxylic acid groups (broad SMARTS) is 1. The molecule has 0 amide bonds. The monoisotopic (exact) mass is 890 g/mol. The van der Waals surface area contributed by atoms with E-state index in [1.165, 1.54) is 11.5 Å². The van der Waals surface area contributed by atoms with Gasteiger partial charge in [0.05, 0.1) is 39.2 Å². The summed E-state index contributed by atoms with van der Waals surface area (Å²) in [5.74, 6) is 1.44. The fourth-order valence-electron chi connectivity index (χ4n) is 8.00. The molecule has 6 aromatic rings. The number of piperazine rings is 1. The minimum absolute atomic E-state index is 0.00288. The van der Waals surface area contributed by atoms with Gasteiger partial charge in [0.2, 0.25) is 12.0 Å². The molecule has 0 radical (unpaired) electrons. The Bertz CT molecular complexity index is 2660. The first-order valence-electron chi connectivity index (χ1n) is 21.1. The lowest BCUT2D eigenvalue weighted by molar-refractivity contribution is -0.145. The number of allylic oxidation sites excluding steroid dienone is 4. The molecule has 1 aliphatic heterocycles. The summed E-state index contributed by atoms with van der Waals surface area (Å²) in [7, 11) is 3.76. The van der Waals surface area contributed by atoms with Gasteiger partial charge in [0, 0.05) is 75.8 Å². The highest BCUT2D eigenvalue weighted by Gasteiger charge is 2.33. The molecule has 2 aromatic carbocycles. The molecule has 5 heterocycles. The van der Waals surface area contributed by atoms with E-state index in [1.807, 2.05) is 73.3 Å². The van der Waals surface area contributed by atoms with E-state index in [-0.39, 0.29) is 24.8 Å². The Morgan fingerprint density at radius 3 is 2.56 bits per heavy atom. The Hall–Kier alpha value is -5.87. The molecule has 2 aliphatic rings. The molecule has 1 unspecified atom stereocenters. The number of rotatable bonds is 17. The summed E-state index contributed by atoms with van der Waals surface area (Å²) < 4.78 is 32.0. The van der Waals surface area contributed by atoms with Gasteiger partial charge in [-0.1, -0.05) is 48.9 Å². The summed E-state index contributed by atoms with van der Waals surface area (Å²) in [6.07, 6.45) is 4.63. The summed E-state index contributed by atoms with van der Waals surface area (Å²) in [6, 6.07) is 18.6. The molecule has 2 atom stereocenters. The highest BCUT2D eigenvalue weighted by molar-refractivity contribution is 7.13. The lowest BCUT2D eigenvalue weighted by Gasteiger charge is -2.33. The number of methoxy groups -OCH3 is 1. The Labute approximate surface area is 375 Å². The molecule has 63 heavy (non-hydrogen) atoms. The first-order chi connectivity index (χ1) is 30.6. The molecular weight excluding hydrogens is 840 g/mol. The molecule has 1 aliphatic carbocycles. The van der Waals surface area contributed by atoms with Gasteiger partial charge in [-0.25, -0.2) is 14.8 Å². The van der Waals surface area contributed by atoms with Gasteiger partial charge in [-0.15, -0.1) is 0 Å². The van der Waals surface area contributed by atoms with E-state index >= 15 is 0 Å². The van der Waals surface area contributed by atoms with E-state index in [1.54, 1.807) is 31.6 Å². The van der Waals surface area contributed by atoms with Gasteiger partial charge in [0.25, 0.3) is 0 Å². The molecule has 14 nitrogen and oxygen atoms in total. The number of pyridine rings is 1. The van der Waals surface area contributed by atoms with Crippen molar-refractivity contribution < 1.29 is 28.8 Å². The number of para-hydroxylation sites is 2. The lowest BCUT2D eigenvalue weighted by atomic mass is 9.83. The molecule has 1 saturated heterocycles. The number of aliphatic carboxylic acids is 1. The summed E-state index contributed by atoms with van der Waals surface area (Å²) in [5, 5.41) is 16.7. The van der Waals surface area contributed by atoms with Gasteiger partial charge in [0.15, 0.2) is 5.82 Å². The van der Waals surface area contributed by atoms with Crippen LogP contribution in [-0.2, 0) is 29.1 Å². The summed E-state index contributed by atoms with van der Waals surface area (Å²) in [5.41, 5.74) is 5.92. The average molecular weight is 891 g/mol. The molecule has 4 aromatic heterocycles. The molecule has 8 rings (SSSR count). The van der Waals surface area contributed by atoms with Crippen LogP contribution in [0.2, 0.25) is 0 Å². The normalized spacial score (nSPS) is 16.7. The number of likely N-dealkylation sites (N-methyl/N-ethyl adjacent to an activating group) is 1. The third kappa shape index (κ3) is 9.71. The van der Waals surface area contributed by atoms with Crippen molar-refractivity contribution in [3.63, 3.8) is 0 Å². The van der Waals surface area contributed by atoms with Gasteiger partial charge in [-0.3, -0.25) is 14.6 Å². The Morgan fingerprint density at radius 1 is 1.02 bits per heavy atom. The first-order valence-corrected chi connectivity index (χ1v) is 22.3. The molecule has 1 N–H and O–H groups in total. The zero-order valence-corrected chi connectivity index (χ0v) is 37.7. The number of aryl methyl sites for hydroxylation is 1. The summed E-state index contributed by atoms with van der Waals surface area (Å²) in [4.78, 5) is 32.0. The van der Waals surface area contributed by atoms with Gasteiger partial charge >= 0.3 is 5.97 Å². The number of hydrogen-bond acceptors (Lipinski definition) is 13. The number of carbonyl (C=O) groups is 1. The molecule has 1 fully saturated rings. The maximum atomic E-state index is 13.1. The zero-order chi connectivity index (χ0) is 44.0. The van der Waals surface area contributed by atoms with Crippen molar-refractivity contribution in [1.29, 1.82) is 0 Å². The number of aromatic nitrogens is 6. The van der Waals surface area contributed by atoms with Crippen molar-refractivity contribution in [2.24, 2.45) is 5.92 Å². The smallest absolute Gasteiger partial charge is 0.345 e. The maximum Gasteiger partial charge on any atom is 0.345 e. The molecule has 0 bridgehead atoms. The SMILES string of the molecule is CCn1ccc(-c2ncc3snc(O[C@H](Cc4ccccc4OCc4ccnc(-c5ccccc5OC)n4)C(=O)O)c3c2C2=C(C)C(Cl)=C(OCCN3CCN(C)CC3)C(C)C2)n1. The molecule has 0 spiro atoms. The number of carboxylic acids is 1. The lowest BCUT2D eigenvalue weighted by Crippen LogP contribution is -2.45. The number of fused-ring (bicyclic) bond motifs is 1. The largest absolute Gasteiger partial charge is 0.496 e. The third-order valence-electron chi connectivity index (χ3n) is 11.6. The number of ether oxygens (including phenoxy) is 4. The number of nitrogens with zero attached hydrogens (tertiary/aromatic N) is 8. The van der Waals surface area contributed by atoms with E-state index in [9.17, 15) is 9.90 Å². The second kappa shape index (κ2) is 19.7. The van der Waals surface area contributed by atoms with Gasteiger partial charge < -0.3 is 29.0 Å². The van der Waals surface area contributed by atoms with Crippen LogP contribution in [0.5, 0.6) is 17.4 Å². The van der Waals surface area contributed by atoms with Crippen molar-refractivity contribution in [3.8, 4) is 40.2 Å². The zero-order valence-electron chi connectivity index (χ0n) is 36.1. The van der Waals surface area contributed by atoms with E-state index in [0.717, 1.165) is 65.5 Å². The van der Waals surface area contributed by atoms with E-state index in [4.69, 9.17) is 50.0 Å². The van der Waals surface area contributed by atoms with Crippen LogP contribution in [0.4, 0.5) is 0 Å². The minimum Gasteiger partial charge on any atom is -0.496 e. The van der Waals surface area contributed by atoms with Crippen molar-refractivity contribution >= 4 is 44.8 Å². The van der Waals surface area contributed by atoms with Crippen molar-refractivity contribution in [3.05, 3.63) is 112 Å². The number of halogens is 1. The van der Waals surface area contributed by atoms with Crippen molar-refractivity contribution in [2.75, 3.05) is 53.5 Å². The highest BCUT2D eigenvalue weighted by Crippen LogP contribution is 2.48. The fourth-order valence-corrected chi connectivity index (χ4v) is 9.05. The highest BCUT2D eigenvalue weighted by atomic mass is 35.5. The molecular formula is C47H51ClN8O6S. The molecule has 328 valence electrons. The molecule has 0 saturated carbocycles. The maximum absolute atomic E-state index is 13.1. The minimum atomic E-state index is -1.32. The Balaban J connectivity index is 1.09. The van der Waals surface area contributed by atoms with Gasteiger partial charge in [-0.05, 0) is 85.9 Å². The number of hydrogen-bond donors (Lipinski definition) is 1. The van der Waals surface area contributed by atoms with Gasteiger partial charge in [0.1, 0.15) is 36.2 Å². The van der Waals surface area contributed by atoms with Crippen LogP contribution in [0, 0.1) is 5.92 Å². The Morgan fingerprint density at radius 2 is 1.79 bits per heavy atom. The van der Waals surface area contributed by atoms with Crippen LogP contribution >= 0.6 is 23.1 Å². The van der Waals surface area contributed by atoms with Crippen LogP contribution in [-0.4, -0.2) is 110 Å². The van der Waals surface area contributed by atoms with Crippen LogP contribution < -0.4 is 14.2 Å². The Kier molecular flexibility index (Phi) is 13.7.